The lowest BCUT2D eigenvalue weighted by Crippen LogP contribution is -2.23. The molecule has 0 saturated heterocycles. The van der Waals surface area contributed by atoms with Gasteiger partial charge in [-0.25, -0.2) is 17.8 Å². The quantitative estimate of drug-likeness (QED) is 0.340. The van der Waals surface area contributed by atoms with Gasteiger partial charge in [0.1, 0.15) is 16.5 Å². The number of H-pyrrole nitrogens is 1. The molecule has 2 heterocycles. The number of hydrogen-bond acceptors (Lipinski definition) is 7. The number of aromatic nitrogens is 3. The molecule has 37 heavy (non-hydrogen) atoms. The average molecular weight is 528 g/mol. The Balaban J connectivity index is 1.58. The van der Waals surface area contributed by atoms with E-state index in [0.717, 1.165) is 17.8 Å². The lowest BCUT2D eigenvalue weighted by molar-refractivity contribution is -0.129. The molecule has 0 bridgehead atoms. The number of anilines is 1. The van der Waals surface area contributed by atoms with Crippen molar-refractivity contribution in [1.82, 2.24) is 20.1 Å². The largest absolute Gasteiger partial charge is 0.497 e. The number of amides is 1. The Morgan fingerprint density at radius 3 is 2.54 bits per heavy atom. The maximum Gasteiger partial charge on any atom is 0.264 e. The average Bonchev–Trinajstić information content (AvgIpc) is 3.25. The van der Waals surface area contributed by atoms with Crippen molar-refractivity contribution in [1.29, 1.82) is 0 Å². The van der Waals surface area contributed by atoms with Crippen LogP contribution in [0.4, 0.5) is 10.1 Å². The van der Waals surface area contributed by atoms with Crippen LogP contribution in [0.2, 0.25) is 0 Å². The van der Waals surface area contributed by atoms with E-state index < -0.39 is 20.7 Å². The third-order valence-electron chi connectivity index (χ3n) is 5.60. The van der Waals surface area contributed by atoms with Crippen molar-refractivity contribution < 1.29 is 27.1 Å². The highest BCUT2D eigenvalue weighted by atomic mass is 32.2. The van der Waals surface area contributed by atoms with Gasteiger partial charge in [-0.05, 0) is 37.3 Å². The maximum atomic E-state index is 14.2. The van der Waals surface area contributed by atoms with Gasteiger partial charge in [0, 0.05) is 37.1 Å². The number of nitrogens with one attached hydrogen (secondary N) is 2. The number of carbonyl (C=O) groups excluding carboxylic acids is 1. The normalized spacial score (nSPS) is 11.4. The monoisotopic (exact) mass is 527 g/mol. The number of aryl methyl sites for hydroxylation is 1. The van der Waals surface area contributed by atoms with E-state index in [1.165, 1.54) is 18.1 Å². The van der Waals surface area contributed by atoms with Gasteiger partial charge in [-0.1, -0.05) is 12.1 Å². The van der Waals surface area contributed by atoms with E-state index in [0.29, 0.717) is 28.0 Å². The highest BCUT2D eigenvalue weighted by molar-refractivity contribution is 7.92. The van der Waals surface area contributed by atoms with Gasteiger partial charge in [0.2, 0.25) is 11.8 Å². The van der Waals surface area contributed by atoms with Crippen LogP contribution < -0.4 is 14.2 Å². The number of sulfonamides is 1. The number of carbonyl (C=O) groups is 1. The minimum Gasteiger partial charge on any atom is -0.497 e. The molecule has 0 aliphatic rings. The third kappa shape index (κ3) is 5.64. The van der Waals surface area contributed by atoms with E-state index in [4.69, 9.17) is 9.47 Å². The number of pyridine rings is 1. The van der Waals surface area contributed by atoms with Crippen LogP contribution in [-0.2, 0) is 14.8 Å². The Morgan fingerprint density at radius 1 is 1.14 bits per heavy atom. The second-order valence-electron chi connectivity index (χ2n) is 8.42. The number of fused-ring (bicyclic) bond motifs is 1. The predicted octanol–water partition coefficient (Wildman–Crippen LogP) is 3.74. The van der Waals surface area contributed by atoms with Crippen LogP contribution in [0.3, 0.4) is 0 Å². The van der Waals surface area contributed by atoms with Crippen molar-refractivity contribution in [2.75, 3.05) is 32.5 Å². The number of methoxy groups -OCH3 is 1. The van der Waals surface area contributed by atoms with E-state index in [9.17, 15) is 17.6 Å². The smallest absolute Gasteiger partial charge is 0.264 e. The van der Waals surface area contributed by atoms with Gasteiger partial charge < -0.3 is 14.4 Å². The minimum absolute atomic E-state index is 0.0665. The Kier molecular flexibility index (Phi) is 7.30. The number of hydrogen-bond donors (Lipinski definition) is 2. The van der Waals surface area contributed by atoms with Crippen LogP contribution in [0.5, 0.6) is 11.6 Å². The summed E-state index contributed by atoms with van der Waals surface area (Å²) in [6, 6.07) is 11.7. The van der Waals surface area contributed by atoms with Crippen LogP contribution in [0.25, 0.3) is 22.2 Å². The summed E-state index contributed by atoms with van der Waals surface area (Å²) in [7, 11) is 0.525. The van der Waals surface area contributed by atoms with E-state index in [2.05, 4.69) is 19.9 Å². The standard InChI is InChI=1S/C25H26FN5O5S/c1-15-24-21(29-28-15)14-20(27-25(24)36-12-11-23(32)31(2)3)16-5-7-17(8-6-16)30-37(33,34)22-13-18(35-4)9-10-19(22)26/h5-10,13-14,30H,11-12H2,1-4H3,(H,28,29). The molecular formula is C25H26FN5O5S. The molecule has 4 rings (SSSR count). The molecule has 0 aliphatic heterocycles. The van der Waals surface area contributed by atoms with E-state index >= 15 is 0 Å². The third-order valence-corrected chi connectivity index (χ3v) is 7.00. The van der Waals surface area contributed by atoms with Gasteiger partial charge in [-0.15, -0.1) is 0 Å². The lowest BCUT2D eigenvalue weighted by Gasteiger charge is -2.12. The molecule has 2 N–H and O–H groups in total. The number of rotatable bonds is 9. The summed E-state index contributed by atoms with van der Waals surface area (Å²) in [6.45, 7) is 2.00. The zero-order valence-corrected chi connectivity index (χ0v) is 21.5. The molecule has 2 aromatic carbocycles. The summed E-state index contributed by atoms with van der Waals surface area (Å²) < 4.78 is 53.0. The first kappa shape index (κ1) is 25.9. The molecule has 0 aliphatic carbocycles. The second kappa shape index (κ2) is 10.4. The first-order valence-electron chi connectivity index (χ1n) is 11.2. The van der Waals surface area contributed by atoms with Crippen molar-refractivity contribution in [2.45, 2.75) is 18.2 Å². The minimum atomic E-state index is -4.20. The molecular weight excluding hydrogens is 501 g/mol. The maximum absolute atomic E-state index is 14.2. The van der Waals surface area contributed by atoms with E-state index in [1.54, 1.807) is 44.4 Å². The summed E-state index contributed by atoms with van der Waals surface area (Å²) in [6.07, 6.45) is 0.194. The fraction of sp³-hybridized carbons (Fsp3) is 0.240. The van der Waals surface area contributed by atoms with Gasteiger partial charge >= 0.3 is 0 Å². The van der Waals surface area contributed by atoms with Crippen molar-refractivity contribution in [3.05, 3.63) is 60.0 Å². The van der Waals surface area contributed by atoms with Gasteiger partial charge in [0.15, 0.2) is 0 Å². The molecule has 0 unspecified atom stereocenters. The molecule has 1 amide bonds. The molecule has 194 valence electrons. The molecule has 12 heteroatoms. The van der Waals surface area contributed by atoms with E-state index in [1.807, 2.05) is 6.92 Å². The summed E-state index contributed by atoms with van der Waals surface area (Å²) in [5.41, 5.74) is 2.86. The molecule has 4 aromatic rings. The van der Waals surface area contributed by atoms with Gasteiger partial charge in [0.05, 0.1) is 36.7 Å². The summed E-state index contributed by atoms with van der Waals surface area (Å²) in [5.74, 6) is -0.403. The summed E-state index contributed by atoms with van der Waals surface area (Å²) in [4.78, 5) is 17.5. The van der Waals surface area contributed by atoms with Gasteiger partial charge in [-0.2, -0.15) is 5.10 Å². The van der Waals surface area contributed by atoms with Crippen molar-refractivity contribution in [3.8, 4) is 22.9 Å². The van der Waals surface area contributed by atoms with Gasteiger partial charge in [0.25, 0.3) is 10.0 Å². The van der Waals surface area contributed by atoms with Crippen LogP contribution in [0.1, 0.15) is 12.1 Å². The van der Waals surface area contributed by atoms with Crippen molar-refractivity contribution in [3.63, 3.8) is 0 Å². The zero-order valence-electron chi connectivity index (χ0n) is 20.7. The van der Waals surface area contributed by atoms with E-state index in [-0.39, 0.29) is 30.4 Å². The van der Waals surface area contributed by atoms with Crippen LogP contribution >= 0.6 is 0 Å². The molecule has 0 saturated carbocycles. The van der Waals surface area contributed by atoms with Crippen LogP contribution in [0.15, 0.2) is 53.4 Å². The number of aromatic amines is 1. The van der Waals surface area contributed by atoms with Gasteiger partial charge in [-0.3, -0.25) is 14.6 Å². The molecule has 0 fully saturated rings. The molecule has 0 atom stereocenters. The number of benzene rings is 2. The number of halogens is 1. The topological polar surface area (TPSA) is 127 Å². The fourth-order valence-electron chi connectivity index (χ4n) is 3.60. The van der Waals surface area contributed by atoms with Crippen LogP contribution in [0, 0.1) is 12.7 Å². The predicted molar refractivity (Wildman–Crippen MR) is 137 cm³/mol. The fourth-order valence-corrected chi connectivity index (χ4v) is 4.75. The van der Waals surface area contributed by atoms with Crippen molar-refractivity contribution in [2.24, 2.45) is 0 Å². The highest BCUT2D eigenvalue weighted by Crippen LogP contribution is 2.31. The summed E-state index contributed by atoms with van der Waals surface area (Å²) in [5, 5.41) is 7.93. The Bertz CT molecular complexity index is 1550. The SMILES string of the molecule is COc1ccc(F)c(S(=O)(=O)Nc2ccc(-c3cc4n[nH]c(C)c4c(OCCC(=O)N(C)C)n3)cc2)c1. The van der Waals surface area contributed by atoms with Crippen LogP contribution in [-0.4, -0.2) is 62.2 Å². The molecule has 10 nitrogen and oxygen atoms in total. The molecule has 2 aromatic heterocycles. The summed E-state index contributed by atoms with van der Waals surface area (Å²) >= 11 is 0. The lowest BCUT2D eigenvalue weighted by atomic mass is 10.1. The Labute approximate surface area is 213 Å². The highest BCUT2D eigenvalue weighted by Gasteiger charge is 2.21. The number of ether oxygens (including phenoxy) is 2. The second-order valence-corrected chi connectivity index (χ2v) is 10.1. The van der Waals surface area contributed by atoms with Crippen molar-refractivity contribution >= 4 is 32.5 Å². The zero-order chi connectivity index (χ0) is 26.7. The first-order chi connectivity index (χ1) is 17.6. The molecule has 0 spiro atoms. The Hall–Kier alpha value is -4.19. The Morgan fingerprint density at radius 2 is 1.86 bits per heavy atom. The first-order valence-corrected chi connectivity index (χ1v) is 12.7. The number of nitrogens with zero attached hydrogens (tertiary/aromatic N) is 3. The molecule has 0 radical (unpaired) electrons.